The summed E-state index contributed by atoms with van der Waals surface area (Å²) in [6.45, 7) is 8.73. The van der Waals surface area contributed by atoms with Gasteiger partial charge in [-0.15, -0.1) is 0 Å². The van der Waals surface area contributed by atoms with Crippen molar-refractivity contribution in [3.8, 4) is 0 Å². The molecule has 1 aromatic heterocycles. The standard InChI is InChI=1S/C14H23ClN2/c1-4-5-6-10-17(12(2)3)11-13-8-7-9-16-14(13)15/h7-9,12H,4-6,10-11H2,1-3H3. The lowest BCUT2D eigenvalue weighted by atomic mass is 10.2. The van der Waals surface area contributed by atoms with Gasteiger partial charge in [-0.05, 0) is 32.9 Å². The average Bonchev–Trinajstić information content (AvgIpc) is 2.30. The van der Waals surface area contributed by atoms with E-state index >= 15 is 0 Å². The van der Waals surface area contributed by atoms with E-state index in [2.05, 4.69) is 36.7 Å². The first kappa shape index (κ1) is 14.5. The highest BCUT2D eigenvalue weighted by Gasteiger charge is 2.11. The molecular weight excluding hydrogens is 232 g/mol. The van der Waals surface area contributed by atoms with Crippen LogP contribution in [0.4, 0.5) is 0 Å². The number of nitrogens with zero attached hydrogens (tertiary/aromatic N) is 2. The van der Waals surface area contributed by atoms with Gasteiger partial charge < -0.3 is 0 Å². The molecule has 0 fully saturated rings. The van der Waals surface area contributed by atoms with Gasteiger partial charge in [-0.1, -0.05) is 37.4 Å². The van der Waals surface area contributed by atoms with Crippen LogP contribution >= 0.6 is 11.6 Å². The third-order valence-electron chi connectivity index (χ3n) is 2.99. The minimum atomic E-state index is 0.545. The first-order valence-electron chi connectivity index (χ1n) is 6.48. The van der Waals surface area contributed by atoms with E-state index in [-0.39, 0.29) is 0 Å². The molecule has 1 heterocycles. The maximum atomic E-state index is 6.10. The lowest BCUT2D eigenvalue weighted by Gasteiger charge is -2.26. The smallest absolute Gasteiger partial charge is 0.133 e. The Morgan fingerprint density at radius 1 is 1.35 bits per heavy atom. The van der Waals surface area contributed by atoms with Crippen LogP contribution in [0.15, 0.2) is 18.3 Å². The van der Waals surface area contributed by atoms with Crippen molar-refractivity contribution in [2.24, 2.45) is 0 Å². The summed E-state index contributed by atoms with van der Waals surface area (Å²) in [5, 5.41) is 0.633. The number of hydrogen-bond donors (Lipinski definition) is 0. The van der Waals surface area contributed by atoms with E-state index in [0.717, 1.165) is 18.7 Å². The second-order valence-electron chi connectivity index (χ2n) is 4.72. The monoisotopic (exact) mass is 254 g/mol. The summed E-state index contributed by atoms with van der Waals surface area (Å²) in [7, 11) is 0. The molecule has 17 heavy (non-hydrogen) atoms. The number of halogens is 1. The van der Waals surface area contributed by atoms with Crippen molar-refractivity contribution in [1.29, 1.82) is 0 Å². The van der Waals surface area contributed by atoms with Gasteiger partial charge in [0, 0.05) is 24.3 Å². The van der Waals surface area contributed by atoms with Gasteiger partial charge in [0.05, 0.1) is 0 Å². The minimum Gasteiger partial charge on any atom is -0.297 e. The fourth-order valence-corrected chi connectivity index (χ4v) is 2.02. The number of unbranched alkanes of at least 4 members (excludes halogenated alkanes) is 2. The lowest BCUT2D eigenvalue weighted by Crippen LogP contribution is -2.31. The number of aromatic nitrogens is 1. The van der Waals surface area contributed by atoms with E-state index in [1.54, 1.807) is 6.20 Å². The zero-order chi connectivity index (χ0) is 12.7. The molecule has 0 aliphatic heterocycles. The summed E-state index contributed by atoms with van der Waals surface area (Å²) in [4.78, 5) is 6.58. The normalized spacial score (nSPS) is 11.4. The predicted octanol–water partition coefficient (Wildman–Crippen LogP) is 4.14. The van der Waals surface area contributed by atoms with Crippen LogP contribution in [-0.2, 0) is 6.54 Å². The van der Waals surface area contributed by atoms with Gasteiger partial charge in [0.25, 0.3) is 0 Å². The Kier molecular flexibility index (Phi) is 6.53. The molecule has 1 rings (SSSR count). The number of rotatable bonds is 7. The zero-order valence-electron chi connectivity index (χ0n) is 11.1. The van der Waals surface area contributed by atoms with Crippen LogP contribution in [0, 0.1) is 0 Å². The third-order valence-corrected chi connectivity index (χ3v) is 3.33. The first-order valence-corrected chi connectivity index (χ1v) is 6.86. The van der Waals surface area contributed by atoms with Crippen LogP contribution in [0.25, 0.3) is 0 Å². The van der Waals surface area contributed by atoms with Gasteiger partial charge in [0.1, 0.15) is 5.15 Å². The molecule has 0 N–H and O–H groups in total. The van der Waals surface area contributed by atoms with Gasteiger partial charge >= 0.3 is 0 Å². The van der Waals surface area contributed by atoms with Crippen molar-refractivity contribution >= 4 is 11.6 Å². The van der Waals surface area contributed by atoms with Gasteiger partial charge in [0.15, 0.2) is 0 Å². The predicted molar refractivity (Wildman–Crippen MR) is 74.3 cm³/mol. The van der Waals surface area contributed by atoms with Crippen molar-refractivity contribution in [2.45, 2.75) is 52.6 Å². The number of hydrogen-bond acceptors (Lipinski definition) is 2. The van der Waals surface area contributed by atoms with Crippen LogP contribution in [-0.4, -0.2) is 22.5 Å². The van der Waals surface area contributed by atoms with E-state index in [9.17, 15) is 0 Å². The molecule has 96 valence electrons. The second-order valence-corrected chi connectivity index (χ2v) is 5.08. The molecule has 0 saturated heterocycles. The van der Waals surface area contributed by atoms with Crippen molar-refractivity contribution in [2.75, 3.05) is 6.54 Å². The summed E-state index contributed by atoms with van der Waals surface area (Å²) in [6, 6.07) is 4.55. The van der Waals surface area contributed by atoms with E-state index in [1.807, 2.05) is 6.07 Å². The van der Waals surface area contributed by atoms with Gasteiger partial charge in [-0.3, -0.25) is 4.90 Å². The van der Waals surface area contributed by atoms with E-state index < -0.39 is 0 Å². The topological polar surface area (TPSA) is 16.1 Å². The van der Waals surface area contributed by atoms with E-state index in [4.69, 9.17) is 11.6 Å². The Labute approximate surface area is 110 Å². The van der Waals surface area contributed by atoms with Crippen molar-refractivity contribution in [3.63, 3.8) is 0 Å². The lowest BCUT2D eigenvalue weighted by molar-refractivity contribution is 0.208. The maximum absolute atomic E-state index is 6.10. The Morgan fingerprint density at radius 3 is 2.71 bits per heavy atom. The summed E-state index contributed by atoms with van der Waals surface area (Å²) in [5.74, 6) is 0. The number of pyridine rings is 1. The fraction of sp³-hybridized carbons (Fsp3) is 0.643. The Balaban J connectivity index is 2.57. The molecular formula is C14H23ClN2. The molecule has 0 amide bonds. The SMILES string of the molecule is CCCCCN(Cc1cccnc1Cl)C(C)C. The molecule has 0 spiro atoms. The van der Waals surface area contributed by atoms with Gasteiger partial charge in [-0.25, -0.2) is 4.98 Å². The van der Waals surface area contributed by atoms with E-state index in [0.29, 0.717) is 11.2 Å². The van der Waals surface area contributed by atoms with Crippen molar-refractivity contribution in [3.05, 3.63) is 29.0 Å². The largest absolute Gasteiger partial charge is 0.297 e. The zero-order valence-corrected chi connectivity index (χ0v) is 11.9. The first-order chi connectivity index (χ1) is 8.15. The van der Waals surface area contributed by atoms with Crippen LogP contribution < -0.4 is 0 Å². The molecule has 0 aliphatic carbocycles. The van der Waals surface area contributed by atoms with Crippen molar-refractivity contribution < 1.29 is 0 Å². The third kappa shape index (κ3) is 5.05. The fourth-order valence-electron chi connectivity index (χ4n) is 1.84. The molecule has 0 atom stereocenters. The summed E-state index contributed by atoms with van der Waals surface area (Å²) >= 11 is 6.10. The molecule has 3 heteroatoms. The molecule has 0 unspecified atom stereocenters. The molecule has 1 aromatic rings. The minimum absolute atomic E-state index is 0.545. The molecule has 0 saturated carbocycles. The quantitative estimate of drug-likeness (QED) is 0.537. The molecule has 0 radical (unpaired) electrons. The molecule has 2 nitrogen and oxygen atoms in total. The molecule has 0 aromatic carbocycles. The highest BCUT2D eigenvalue weighted by molar-refractivity contribution is 6.30. The summed E-state index contributed by atoms with van der Waals surface area (Å²) in [5.41, 5.74) is 1.12. The molecule has 0 aliphatic rings. The van der Waals surface area contributed by atoms with E-state index in [1.165, 1.54) is 19.3 Å². The Hall–Kier alpha value is -0.600. The Bertz CT molecular complexity index is 326. The second kappa shape index (κ2) is 7.67. The van der Waals surface area contributed by atoms with Crippen LogP contribution in [0.1, 0.15) is 45.6 Å². The van der Waals surface area contributed by atoms with Crippen LogP contribution in [0.5, 0.6) is 0 Å². The van der Waals surface area contributed by atoms with Gasteiger partial charge in [-0.2, -0.15) is 0 Å². The highest BCUT2D eigenvalue weighted by Crippen LogP contribution is 2.16. The summed E-state index contributed by atoms with van der Waals surface area (Å²) in [6.07, 6.45) is 5.55. The highest BCUT2D eigenvalue weighted by atomic mass is 35.5. The van der Waals surface area contributed by atoms with Gasteiger partial charge in [0.2, 0.25) is 0 Å². The Morgan fingerprint density at radius 2 is 2.12 bits per heavy atom. The van der Waals surface area contributed by atoms with Crippen molar-refractivity contribution in [1.82, 2.24) is 9.88 Å². The average molecular weight is 255 g/mol. The summed E-state index contributed by atoms with van der Waals surface area (Å²) < 4.78 is 0. The van der Waals surface area contributed by atoms with Crippen LogP contribution in [0.3, 0.4) is 0 Å². The molecule has 0 bridgehead atoms. The maximum Gasteiger partial charge on any atom is 0.133 e. The van der Waals surface area contributed by atoms with Crippen LogP contribution in [0.2, 0.25) is 5.15 Å².